The van der Waals surface area contributed by atoms with Crippen LogP contribution < -0.4 is 10.9 Å². The van der Waals surface area contributed by atoms with Crippen LogP contribution in [0.2, 0.25) is 0 Å². The zero-order valence-electron chi connectivity index (χ0n) is 14.1. The van der Waals surface area contributed by atoms with Gasteiger partial charge in [0.2, 0.25) is 5.91 Å². The molecule has 0 unspecified atom stereocenters. The van der Waals surface area contributed by atoms with E-state index in [9.17, 15) is 9.59 Å². The van der Waals surface area contributed by atoms with E-state index < -0.39 is 0 Å². The van der Waals surface area contributed by atoms with E-state index in [1.807, 2.05) is 13.8 Å². The molecule has 0 aromatic carbocycles. The van der Waals surface area contributed by atoms with Gasteiger partial charge in [0.05, 0.1) is 16.9 Å². The Bertz CT molecular complexity index is 797. The average molecular weight is 366 g/mol. The third kappa shape index (κ3) is 3.83. The fourth-order valence-corrected chi connectivity index (χ4v) is 4.92. The van der Waals surface area contributed by atoms with Crippen molar-refractivity contribution in [2.75, 3.05) is 5.75 Å². The number of amides is 1. The standard InChI is InChI=1S/C17H23N3O2S2/c1-3-10(2)18-14(21)9-23-8-13-19-16(22)15-11-6-4-5-7-12(11)24-17(15)20-13/h10H,3-9H2,1-2H3,(H,18,21)(H,19,20,22)/t10-/m1/s1. The lowest BCUT2D eigenvalue weighted by Crippen LogP contribution is -2.33. The largest absolute Gasteiger partial charge is 0.353 e. The summed E-state index contributed by atoms with van der Waals surface area (Å²) >= 11 is 3.14. The first-order chi connectivity index (χ1) is 11.6. The SMILES string of the molecule is CC[C@@H](C)NC(=O)CSCc1nc2sc3c(c2c(=O)[nH]1)CCCC3. The van der Waals surface area contributed by atoms with E-state index in [-0.39, 0.29) is 17.5 Å². The maximum atomic E-state index is 12.4. The van der Waals surface area contributed by atoms with Crippen LogP contribution in [0.25, 0.3) is 10.2 Å². The molecule has 7 heteroatoms. The third-order valence-electron chi connectivity index (χ3n) is 4.37. The van der Waals surface area contributed by atoms with Crippen LogP contribution in [0.15, 0.2) is 4.79 Å². The topological polar surface area (TPSA) is 74.8 Å². The molecule has 2 N–H and O–H groups in total. The Balaban J connectivity index is 1.68. The second kappa shape index (κ2) is 7.70. The molecule has 0 bridgehead atoms. The summed E-state index contributed by atoms with van der Waals surface area (Å²) < 4.78 is 0. The van der Waals surface area contributed by atoms with E-state index in [0.717, 1.165) is 35.9 Å². The highest BCUT2D eigenvalue weighted by Gasteiger charge is 2.19. The van der Waals surface area contributed by atoms with Crippen molar-refractivity contribution in [1.29, 1.82) is 0 Å². The Hall–Kier alpha value is -1.34. The number of hydrogen-bond acceptors (Lipinski definition) is 5. The predicted octanol–water partition coefficient (Wildman–Crippen LogP) is 3.01. The highest BCUT2D eigenvalue weighted by molar-refractivity contribution is 7.99. The zero-order chi connectivity index (χ0) is 17.1. The predicted molar refractivity (Wildman–Crippen MR) is 101 cm³/mol. The number of rotatable bonds is 6. The summed E-state index contributed by atoms with van der Waals surface area (Å²) in [4.78, 5) is 33.9. The van der Waals surface area contributed by atoms with Gasteiger partial charge in [-0.25, -0.2) is 4.98 Å². The van der Waals surface area contributed by atoms with Crippen molar-refractivity contribution in [3.05, 3.63) is 26.6 Å². The molecule has 130 valence electrons. The van der Waals surface area contributed by atoms with Gasteiger partial charge in [0.1, 0.15) is 10.7 Å². The third-order valence-corrected chi connectivity index (χ3v) is 6.50. The second-order valence-corrected chi connectivity index (χ2v) is 8.34. The Morgan fingerprint density at radius 2 is 2.21 bits per heavy atom. The lowest BCUT2D eigenvalue weighted by molar-refractivity contribution is -0.119. The Morgan fingerprint density at radius 1 is 1.42 bits per heavy atom. The lowest BCUT2D eigenvalue weighted by Gasteiger charge is -2.10. The maximum Gasteiger partial charge on any atom is 0.259 e. The first-order valence-electron chi connectivity index (χ1n) is 8.49. The first-order valence-corrected chi connectivity index (χ1v) is 10.5. The van der Waals surface area contributed by atoms with Crippen LogP contribution in [0.3, 0.4) is 0 Å². The number of fused-ring (bicyclic) bond motifs is 3. The maximum absolute atomic E-state index is 12.4. The van der Waals surface area contributed by atoms with Crippen molar-refractivity contribution >= 4 is 39.2 Å². The molecule has 0 saturated heterocycles. The van der Waals surface area contributed by atoms with Crippen molar-refractivity contribution < 1.29 is 4.79 Å². The summed E-state index contributed by atoms with van der Waals surface area (Å²) in [5, 5.41) is 3.73. The number of carbonyl (C=O) groups is 1. The molecule has 1 aliphatic rings. The van der Waals surface area contributed by atoms with Crippen LogP contribution in [-0.4, -0.2) is 27.7 Å². The van der Waals surface area contributed by atoms with Gasteiger partial charge in [-0.05, 0) is 44.6 Å². The molecule has 0 spiro atoms. The number of thiophene rings is 1. The van der Waals surface area contributed by atoms with Gasteiger partial charge in [-0.15, -0.1) is 23.1 Å². The minimum atomic E-state index is -0.0287. The van der Waals surface area contributed by atoms with Crippen LogP contribution in [0.5, 0.6) is 0 Å². The highest BCUT2D eigenvalue weighted by Crippen LogP contribution is 2.33. The number of H-pyrrole nitrogens is 1. The number of nitrogens with zero attached hydrogens (tertiary/aromatic N) is 1. The summed E-state index contributed by atoms with van der Waals surface area (Å²) in [5.74, 6) is 1.62. The van der Waals surface area contributed by atoms with Crippen LogP contribution >= 0.6 is 23.1 Å². The second-order valence-electron chi connectivity index (χ2n) is 6.27. The van der Waals surface area contributed by atoms with E-state index in [0.29, 0.717) is 17.3 Å². The molecule has 5 nitrogen and oxygen atoms in total. The summed E-state index contributed by atoms with van der Waals surface area (Å²) in [5.41, 5.74) is 1.18. The summed E-state index contributed by atoms with van der Waals surface area (Å²) in [6.07, 6.45) is 5.33. The molecule has 3 rings (SSSR count). The Morgan fingerprint density at radius 3 is 3.00 bits per heavy atom. The lowest BCUT2D eigenvalue weighted by atomic mass is 9.97. The molecular weight excluding hydrogens is 342 g/mol. The van der Waals surface area contributed by atoms with E-state index in [2.05, 4.69) is 15.3 Å². The molecule has 1 amide bonds. The smallest absolute Gasteiger partial charge is 0.259 e. The minimum absolute atomic E-state index is 0.0287. The van der Waals surface area contributed by atoms with Crippen molar-refractivity contribution in [3.8, 4) is 0 Å². The number of nitrogens with one attached hydrogen (secondary N) is 2. The normalized spacial score (nSPS) is 15.2. The van der Waals surface area contributed by atoms with Crippen molar-refractivity contribution in [2.45, 2.75) is 57.7 Å². The fraction of sp³-hybridized carbons (Fsp3) is 0.588. The Kier molecular flexibility index (Phi) is 5.61. The minimum Gasteiger partial charge on any atom is -0.353 e. The molecule has 2 aromatic heterocycles. The van der Waals surface area contributed by atoms with Gasteiger partial charge in [-0.3, -0.25) is 9.59 Å². The molecule has 2 aromatic rings. The van der Waals surface area contributed by atoms with Crippen LogP contribution in [-0.2, 0) is 23.4 Å². The van der Waals surface area contributed by atoms with Gasteiger partial charge in [0, 0.05) is 10.9 Å². The molecule has 24 heavy (non-hydrogen) atoms. The molecule has 1 aliphatic carbocycles. The number of aromatic amines is 1. The van der Waals surface area contributed by atoms with Crippen LogP contribution in [0.4, 0.5) is 0 Å². The fourth-order valence-electron chi connectivity index (χ4n) is 2.94. The van der Waals surface area contributed by atoms with Gasteiger partial charge in [0.25, 0.3) is 5.56 Å². The molecule has 0 radical (unpaired) electrons. The average Bonchev–Trinajstić information content (AvgIpc) is 2.93. The number of aromatic nitrogens is 2. The summed E-state index contributed by atoms with van der Waals surface area (Å²) in [6, 6.07) is 0.199. The number of hydrogen-bond donors (Lipinski definition) is 2. The van der Waals surface area contributed by atoms with Gasteiger partial charge in [0.15, 0.2) is 0 Å². The van der Waals surface area contributed by atoms with Gasteiger partial charge in [-0.1, -0.05) is 6.92 Å². The van der Waals surface area contributed by atoms with E-state index >= 15 is 0 Å². The number of aryl methyl sites for hydroxylation is 2. The van der Waals surface area contributed by atoms with Crippen molar-refractivity contribution in [3.63, 3.8) is 0 Å². The molecular formula is C17H23N3O2S2. The van der Waals surface area contributed by atoms with Gasteiger partial charge >= 0.3 is 0 Å². The Labute approximate surface area is 149 Å². The molecule has 0 saturated carbocycles. The number of thioether (sulfide) groups is 1. The zero-order valence-corrected chi connectivity index (χ0v) is 15.7. The molecule has 0 fully saturated rings. The molecule has 0 aliphatic heterocycles. The first kappa shape index (κ1) is 17.5. The van der Waals surface area contributed by atoms with E-state index in [4.69, 9.17) is 0 Å². The molecule has 1 atom stereocenters. The van der Waals surface area contributed by atoms with Gasteiger partial charge < -0.3 is 10.3 Å². The molecule has 2 heterocycles. The van der Waals surface area contributed by atoms with E-state index in [1.54, 1.807) is 11.3 Å². The van der Waals surface area contributed by atoms with E-state index in [1.165, 1.54) is 28.6 Å². The summed E-state index contributed by atoms with van der Waals surface area (Å²) in [6.45, 7) is 4.04. The van der Waals surface area contributed by atoms with Gasteiger partial charge in [-0.2, -0.15) is 0 Å². The van der Waals surface area contributed by atoms with Crippen molar-refractivity contribution in [2.24, 2.45) is 0 Å². The number of carbonyl (C=O) groups excluding carboxylic acids is 1. The van der Waals surface area contributed by atoms with Crippen molar-refractivity contribution in [1.82, 2.24) is 15.3 Å². The highest BCUT2D eigenvalue weighted by atomic mass is 32.2. The summed E-state index contributed by atoms with van der Waals surface area (Å²) in [7, 11) is 0. The quantitative estimate of drug-likeness (QED) is 0.825. The monoisotopic (exact) mass is 365 g/mol. The van der Waals surface area contributed by atoms with Crippen LogP contribution in [0, 0.1) is 0 Å². The van der Waals surface area contributed by atoms with Crippen LogP contribution in [0.1, 0.15) is 49.4 Å².